The highest BCUT2D eigenvalue weighted by molar-refractivity contribution is 5.31. The summed E-state index contributed by atoms with van der Waals surface area (Å²) < 4.78 is 0. The molecule has 0 aliphatic rings. The average Bonchev–Trinajstić information content (AvgIpc) is 2.52. The molecule has 1 N–H and O–H groups in total. The number of unbranched alkanes of at least 4 members (excludes halogenated alkanes) is 2. The van der Waals surface area contributed by atoms with Crippen LogP contribution in [0.1, 0.15) is 37.4 Å². The zero-order chi connectivity index (χ0) is 8.81. The Hall–Kier alpha value is -1.23. The van der Waals surface area contributed by atoms with Crippen LogP contribution in [0.2, 0.25) is 0 Å². The second-order valence-electron chi connectivity index (χ2n) is 2.95. The fraction of sp³-hybridized carbons (Fsp3) is 0.500. The van der Waals surface area contributed by atoms with Crippen molar-refractivity contribution in [2.45, 2.75) is 32.6 Å². The van der Waals surface area contributed by atoms with Gasteiger partial charge >= 0.3 is 0 Å². The molecule has 0 unspecified atom stereocenters. The Morgan fingerprint density at radius 1 is 1.50 bits per heavy atom. The molecule has 0 fully saturated rings. The van der Waals surface area contributed by atoms with Gasteiger partial charge in [-0.3, -0.25) is 0 Å². The number of aromatic amines is 1. The van der Waals surface area contributed by atoms with E-state index in [-0.39, 0.29) is 0 Å². The molecule has 1 rings (SSSR count). The second kappa shape index (κ2) is 4.61. The summed E-state index contributed by atoms with van der Waals surface area (Å²) in [5.41, 5.74) is 1.89. The third-order valence-corrected chi connectivity index (χ3v) is 1.99. The summed E-state index contributed by atoms with van der Waals surface area (Å²) in [6.07, 6.45) is 6.52. The molecule has 0 bridgehead atoms. The number of H-pyrrole nitrogens is 1. The molecule has 2 heteroatoms. The fourth-order valence-corrected chi connectivity index (χ4v) is 1.28. The van der Waals surface area contributed by atoms with Gasteiger partial charge in [0.05, 0.1) is 0 Å². The van der Waals surface area contributed by atoms with E-state index in [1.54, 1.807) is 0 Å². The van der Waals surface area contributed by atoms with Crippen LogP contribution in [0, 0.1) is 11.3 Å². The fourth-order valence-electron chi connectivity index (χ4n) is 1.28. The minimum absolute atomic E-state index is 0.728. The van der Waals surface area contributed by atoms with Gasteiger partial charge in [0.15, 0.2) is 0 Å². The van der Waals surface area contributed by atoms with Crippen LogP contribution in [0.25, 0.3) is 0 Å². The van der Waals surface area contributed by atoms with Crippen LogP contribution in [0.4, 0.5) is 0 Å². The first-order chi connectivity index (χ1) is 5.88. The Morgan fingerprint density at radius 2 is 2.33 bits per heavy atom. The van der Waals surface area contributed by atoms with Crippen LogP contribution in [-0.4, -0.2) is 4.98 Å². The average molecular weight is 162 g/mol. The Kier molecular flexibility index (Phi) is 3.40. The minimum atomic E-state index is 0.728. The smallest absolute Gasteiger partial charge is 0.120 e. The maximum absolute atomic E-state index is 8.68. The van der Waals surface area contributed by atoms with Crippen LogP contribution in [0.3, 0.4) is 0 Å². The first-order valence-electron chi connectivity index (χ1n) is 4.44. The molecule has 0 atom stereocenters. The molecule has 1 aromatic rings. The Bertz CT molecular complexity index is 268. The number of rotatable bonds is 4. The van der Waals surface area contributed by atoms with Crippen LogP contribution in [0.15, 0.2) is 12.3 Å². The zero-order valence-corrected chi connectivity index (χ0v) is 7.43. The summed E-state index contributed by atoms with van der Waals surface area (Å²) in [6, 6.07) is 4.14. The van der Waals surface area contributed by atoms with Crippen molar-refractivity contribution in [2.24, 2.45) is 0 Å². The standard InChI is InChI=1S/C10H14N2/c1-2-3-4-5-9-6-7-12-10(9)8-11/h6-7,12H,2-5H2,1H3. The van der Waals surface area contributed by atoms with Crippen molar-refractivity contribution >= 4 is 0 Å². The van der Waals surface area contributed by atoms with Crippen molar-refractivity contribution in [2.75, 3.05) is 0 Å². The number of nitrogens with zero attached hydrogens (tertiary/aromatic N) is 1. The lowest BCUT2D eigenvalue weighted by Crippen LogP contribution is -1.86. The highest BCUT2D eigenvalue weighted by atomic mass is 14.7. The highest BCUT2D eigenvalue weighted by Crippen LogP contribution is 2.09. The topological polar surface area (TPSA) is 39.6 Å². The van der Waals surface area contributed by atoms with Gasteiger partial charge in [0.25, 0.3) is 0 Å². The number of hydrogen-bond donors (Lipinski definition) is 1. The number of nitriles is 1. The van der Waals surface area contributed by atoms with E-state index < -0.39 is 0 Å². The number of aryl methyl sites for hydroxylation is 1. The third-order valence-electron chi connectivity index (χ3n) is 1.99. The van der Waals surface area contributed by atoms with E-state index in [4.69, 9.17) is 5.26 Å². The van der Waals surface area contributed by atoms with Crippen LogP contribution in [-0.2, 0) is 6.42 Å². The van der Waals surface area contributed by atoms with Gasteiger partial charge in [0.2, 0.25) is 0 Å². The molecule has 0 radical (unpaired) electrons. The van der Waals surface area contributed by atoms with Gasteiger partial charge < -0.3 is 4.98 Å². The molecular weight excluding hydrogens is 148 g/mol. The number of nitrogens with one attached hydrogen (secondary N) is 1. The van der Waals surface area contributed by atoms with Gasteiger partial charge in [-0.05, 0) is 24.5 Å². The van der Waals surface area contributed by atoms with E-state index in [2.05, 4.69) is 18.0 Å². The quantitative estimate of drug-likeness (QED) is 0.679. The maximum Gasteiger partial charge on any atom is 0.120 e. The zero-order valence-electron chi connectivity index (χ0n) is 7.43. The van der Waals surface area contributed by atoms with Crippen molar-refractivity contribution < 1.29 is 0 Å². The normalized spacial score (nSPS) is 9.67. The maximum atomic E-state index is 8.68. The van der Waals surface area contributed by atoms with Crippen molar-refractivity contribution in [1.82, 2.24) is 4.98 Å². The summed E-state index contributed by atoms with van der Waals surface area (Å²) in [5, 5.41) is 8.68. The Morgan fingerprint density at radius 3 is 3.00 bits per heavy atom. The molecular formula is C10H14N2. The number of aromatic nitrogens is 1. The molecule has 0 saturated heterocycles. The molecule has 0 aliphatic heterocycles. The highest BCUT2D eigenvalue weighted by Gasteiger charge is 2.00. The molecule has 0 saturated carbocycles. The third kappa shape index (κ3) is 2.13. The SMILES string of the molecule is CCCCCc1cc[nH]c1C#N. The van der Waals surface area contributed by atoms with Crippen molar-refractivity contribution in [1.29, 1.82) is 5.26 Å². The van der Waals surface area contributed by atoms with Gasteiger partial charge in [-0.2, -0.15) is 5.26 Å². The van der Waals surface area contributed by atoms with E-state index in [0.29, 0.717) is 0 Å². The first-order valence-corrected chi connectivity index (χ1v) is 4.44. The van der Waals surface area contributed by atoms with E-state index in [0.717, 1.165) is 17.7 Å². The Labute approximate surface area is 73.2 Å². The molecule has 1 aromatic heterocycles. The summed E-state index contributed by atoms with van der Waals surface area (Å²) in [5.74, 6) is 0. The molecule has 1 heterocycles. The predicted molar refractivity (Wildman–Crippen MR) is 48.7 cm³/mol. The molecule has 64 valence electrons. The lowest BCUT2D eigenvalue weighted by molar-refractivity contribution is 0.717. The van der Waals surface area contributed by atoms with Crippen LogP contribution in [0.5, 0.6) is 0 Å². The summed E-state index contributed by atoms with van der Waals surface area (Å²) in [7, 11) is 0. The van der Waals surface area contributed by atoms with Crippen molar-refractivity contribution in [3.63, 3.8) is 0 Å². The molecule has 0 spiro atoms. The summed E-state index contributed by atoms with van der Waals surface area (Å²) >= 11 is 0. The lowest BCUT2D eigenvalue weighted by Gasteiger charge is -1.96. The van der Waals surface area contributed by atoms with Gasteiger partial charge in [-0.1, -0.05) is 19.8 Å². The molecule has 2 nitrogen and oxygen atoms in total. The second-order valence-corrected chi connectivity index (χ2v) is 2.95. The van der Waals surface area contributed by atoms with E-state index in [1.165, 1.54) is 19.3 Å². The van der Waals surface area contributed by atoms with E-state index >= 15 is 0 Å². The van der Waals surface area contributed by atoms with Crippen LogP contribution >= 0.6 is 0 Å². The molecule has 0 aromatic carbocycles. The van der Waals surface area contributed by atoms with E-state index in [9.17, 15) is 0 Å². The number of hydrogen-bond acceptors (Lipinski definition) is 1. The van der Waals surface area contributed by atoms with Gasteiger partial charge in [-0.25, -0.2) is 0 Å². The van der Waals surface area contributed by atoms with Crippen LogP contribution < -0.4 is 0 Å². The first kappa shape index (κ1) is 8.86. The van der Waals surface area contributed by atoms with Crippen molar-refractivity contribution in [3.8, 4) is 6.07 Å². The van der Waals surface area contributed by atoms with E-state index in [1.807, 2.05) is 12.3 Å². The summed E-state index contributed by atoms with van der Waals surface area (Å²) in [6.45, 7) is 2.18. The largest absolute Gasteiger partial charge is 0.353 e. The van der Waals surface area contributed by atoms with Gasteiger partial charge in [0.1, 0.15) is 11.8 Å². The Balaban J connectivity index is 2.46. The van der Waals surface area contributed by atoms with Crippen molar-refractivity contribution in [3.05, 3.63) is 23.5 Å². The molecule has 0 aliphatic carbocycles. The lowest BCUT2D eigenvalue weighted by atomic mass is 10.1. The monoisotopic (exact) mass is 162 g/mol. The minimum Gasteiger partial charge on any atom is -0.353 e. The molecule has 12 heavy (non-hydrogen) atoms. The van der Waals surface area contributed by atoms with Gasteiger partial charge in [0, 0.05) is 6.20 Å². The van der Waals surface area contributed by atoms with Gasteiger partial charge in [-0.15, -0.1) is 0 Å². The predicted octanol–water partition coefficient (Wildman–Crippen LogP) is 2.62. The molecule has 0 amide bonds. The summed E-state index contributed by atoms with van der Waals surface area (Å²) in [4.78, 5) is 2.92.